The van der Waals surface area contributed by atoms with Crippen molar-refractivity contribution >= 4 is 11.6 Å². The molecular formula is C13H24ClNO2. The lowest BCUT2D eigenvalue weighted by atomic mass is 10.1. The van der Waals surface area contributed by atoms with Crippen molar-refractivity contribution in [1.29, 1.82) is 0 Å². The molecule has 0 radical (unpaired) electrons. The Morgan fingerprint density at radius 3 is 2.59 bits per heavy atom. The number of hydrogen-bond donors (Lipinski definition) is 0. The molecule has 100 valence electrons. The molecule has 0 aliphatic carbocycles. The molecule has 2 rings (SSSR count). The Morgan fingerprint density at radius 1 is 1.24 bits per heavy atom. The third kappa shape index (κ3) is 4.40. The Morgan fingerprint density at radius 2 is 2.00 bits per heavy atom. The fourth-order valence-electron chi connectivity index (χ4n) is 2.78. The average Bonchev–Trinajstić information content (AvgIpc) is 2.74. The number of alkyl halides is 1. The highest BCUT2D eigenvalue weighted by Gasteiger charge is 2.26. The van der Waals surface area contributed by atoms with Crippen LogP contribution >= 0.6 is 11.6 Å². The van der Waals surface area contributed by atoms with Gasteiger partial charge in [-0.05, 0) is 32.6 Å². The maximum absolute atomic E-state index is 5.87. The number of likely N-dealkylation sites (tertiary alicyclic amines) is 1. The van der Waals surface area contributed by atoms with Crippen molar-refractivity contribution in [2.45, 2.75) is 50.9 Å². The van der Waals surface area contributed by atoms with E-state index in [2.05, 4.69) is 11.8 Å². The highest BCUT2D eigenvalue weighted by atomic mass is 35.5. The summed E-state index contributed by atoms with van der Waals surface area (Å²) in [5.74, 6) is 0.605. The summed E-state index contributed by atoms with van der Waals surface area (Å²) in [4.78, 5) is 2.52. The topological polar surface area (TPSA) is 21.7 Å². The summed E-state index contributed by atoms with van der Waals surface area (Å²) in [5, 5.41) is 0. The lowest BCUT2D eigenvalue weighted by Gasteiger charge is -2.33. The van der Waals surface area contributed by atoms with E-state index in [4.69, 9.17) is 21.1 Å². The predicted octanol–water partition coefficient (Wildman–Crippen LogP) is 2.27. The van der Waals surface area contributed by atoms with Crippen LogP contribution in [0.2, 0.25) is 0 Å². The van der Waals surface area contributed by atoms with Crippen LogP contribution in [0.5, 0.6) is 0 Å². The van der Waals surface area contributed by atoms with Gasteiger partial charge >= 0.3 is 0 Å². The van der Waals surface area contributed by atoms with Gasteiger partial charge in [0.25, 0.3) is 0 Å². The van der Waals surface area contributed by atoms with Crippen molar-refractivity contribution < 1.29 is 9.47 Å². The molecule has 3 nitrogen and oxygen atoms in total. The number of nitrogens with zero attached hydrogens (tertiary/aromatic N) is 1. The van der Waals surface area contributed by atoms with Crippen LogP contribution < -0.4 is 0 Å². The summed E-state index contributed by atoms with van der Waals surface area (Å²) in [6.45, 7) is 6.25. The van der Waals surface area contributed by atoms with Crippen molar-refractivity contribution in [3.63, 3.8) is 0 Å². The van der Waals surface area contributed by atoms with Crippen LogP contribution in [0.15, 0.2) is 0 Å². The van der Waals surface area contributed by atoms with Crippen molar-refractivity contribution in [2.24, 2.45) is 0 Å². The van der Waals surface area contributed by atoms with Gasteiger partial charge in [-0.3, -0.25) is 0 Å². The summed E-state index contributed by atoms with van der Waals surface area (Å²) in [6, 6.07) is 0. The molecule has 0 N–H and O–H groups in total. The largest absolute Gasteiger partial charge is 0.377 e. The molecule has 0 saturated carbocycles. The van der Waals surface area contributed by atoms with E-state index in [9.17, 15) is 0 Å². The second-order valence-electron chi connectivity index (χ2n) is 5.21. The second-order valence-corrected chi connectivity index (χ2v) is 5.58. The van der Waals surface area contributed by atoms with Crippen molar-refractivity contribution in [1.82, 2.24) is 4.90 Å². The minimum Gasteiger partial charge on any atom is -0.377 e. The van der Waals surface area contributed by atoms with E-state index in [-0.39, 0.29) is 0 Å². The summed E-state index contributed by atoms with van der Waals surface area (Å²) < 4.78 is 11.5. The van der Waals surface area contributed by atoms with Crippen LogP contribution in [-0.2, 0) is 9.47 Å². The van der Waals surface area contributed by atoms with Crippen LogP contribution in [0.4, 0.5) is 0 Å². The van der Waals surface area contributed by atoms with Crippen LogP contribution in [0.25, 0.3) is 0 Å². The normalized spacial score (nSPS) is 32.1. The first-order valence-corrected chi connectivity index (χ1v) is 7.36. The highest BCUT2D eigenvalue weighted by molar-refractivity contribution is 6.17. The van der Waals surface area contributed by atoms with Crippen LogP contribution in [-0.4, -0.2) is 55.3 Å². The van der Waals surface area contributed by atoms with Crippen LogP contribution in [0, 0.1) is 0 Å². The van der Waals surface area contributed by atoms with Gasteiger partial charge in [-0.15, -0.1) is 11.6 Å². The number of ether oxygens (including phenoxy) is 2. The van der Waals surface area contributed by atoms with Gasteiger partial charge in [0.05, 0.1) is 24.9 Å². The molecule has 0 amide bonds. The third-order valence-electron chi connectivity index (χ3n) is 3.75. The lowest BCUT2D eigenvalue weighted by Crippen LogP contribution is -2.41. The zero-order chi connectivity index (χ0) is 12.1. The Bertz CT molecular complexity index is 219. The van der Waals surface area contributed by atoms with Gasteiger partial charge in [-0.2, -0.15) is 0 Å². The maximum atomic E-state index is 5.87. The molecule has 0 bridgehead atoms. The first-order valence-electron chi connectivity index (χ1n) is 6.83. The highest BCUT2D eigenvalue weighted by Crippen LogP contribution is 2.22. The first-order chi connectivity index (χ1) is 8.28. The molecule has 2 aliphatic heterocycles. The van der Waals surface area contributed by atoms with E-state index < -0.39 is 0 Å². The molecule has 2 unspecified atom stereocenters. The van der Waals surface area contributed by atoms with Crippen molar-refractivity contribution in [2.75, 3.05) is 32.1 Å². The number of halogens is 1. The smallest absolute Gasteiger partial charge is 0.0706 e. The number of piperidine rings is 1. The van der Waals surface area contributed by atoms with E-state index in [1.165, 1.54) is 12.8 Å². The zero-order valence-electron chi connectivity index (χ0n) is 10.7. The van der Waals surface area contributed by atoms with E-state index >= 15 is 0 Å². The van der Waals surface area contributed by atoms with Crippen LogP contribution in [0.1, 0.15) is 32.6 Å². The molecule has 0 aromatic rings. The third-order valence-corrected chi connectivity index (χ3v) is 3.90. The Labute approximate surface area is 109 Å². The fraction of sp³-hybridized carbons (Fsp3) is 1.00. The first kappa shape index (κ1) is 13.6. The summed E-state index contributed by atoms with van der Waals surface area (Å²) in [5.41, 5.74) is 0. The molecule has 2 atom stereocenters. The van der Waals surface area contributed by atoms with E-state index in [1.54, 1.807) is 0 Å². The molecule has 2 saturated heterocycles. The quantitative estimate of drug-likeness (QED) is 0.709. The van der Waals surface area contributed by atoms with E-state index in [0.29, 0.717) is 30.8 Å². The molecule has 2 fully saturated rings. The molecular weight excluding hydrogens is 238 g/mol. The standard InChI is InChI=1S/C13H24ClNO2/c1-11-2-3-13(17-11)10-15-7-4-12(5-8-15)16-9-6-14/h11-13H,2-10H2,1H3. The van der Waals surface area contributed by atoms with Crippen molar-refractivity contribution in [3.8, 4) is 0 Å². The number of hydrogen-bond acceptors (Lipinski definition) is 3. The Kier molecular flexibility index (Phi) is 5.54. The molecule has 4 heteroatoms. The van der Waals surface area contributed by atoms with E-state index in [1.807, 2.05) is 0 Å². The summed E-state index contributed by atoms with van der Waals surface area (Å²) >= 11 is 5.62. The molecule has 0 spiro atoms. The second kappa shape index (κ2) is 6.93. The Hall–Kier alpha value is 0.170. The predicted molar refractivity (Wildman–Crippen MR) is 69.7 cm³/mol. The maximum Gasteiger partial charge on any atom is 0.0706 e. The van der Waals surface area contributed by atoms with Crippen molar-refractivity contribution in [3.05, 3.63) is 0 Å². The molecule has 2 heterocycles. The summed E-state index contributed by atoms with van der Waals surface area (Å²) in [7, 11) is 0. The van der Waals surface area contributed by atoms with Gasteiger partial charge in [-0.25, -0.2) is 0 Å². The molecule has 17 heavy (non-hydrogen) atoms. The lowest BCUT2D eigenvalue weighted by molar-refractivity contribution is -0.00892. The van der Waals surface area contributed by atoms with Gasteiger partial charge < -0.3 is 14.4 Å². The van der Waals surface area contributed by atoms with Gasteiger partial charge in [0, 0.05) is 25.5 Å². The van der Waals surface area contributed by atoms with Gasteiger partial charge in [-0.1, -0.05) is 0 Å². The zero-order valence-corrected chi connectivity index (χ0v) is 11.5. The Balaban J connectivity index is 1.62. The van der Waals surface area contributed by atoms with Gasteiger partial charge in [0.1, 0.15) is 0 Å². The van der Waals surface area contributed by atoms with Gasteiger partial charge in [0.2, 0.25) is 0 Å². The summed E-state index contributed by atoms with van der Waals surface area (Å²) in [6.07, 6.45) is 6.07. The minimum atomic E-state index is 0.424. The van der Waals surface area contributed by atoms with Crippen LogP contribution in [0.3, 0.4) is 0 Å². The monoisotopic (exact) mass is 261 g/mol. The molecule has 0 aromatic carbocycles. The molecule has 2 aliphatic rings. The van der Waals surface area contributed by atoms with Gasteiger partial charge in [0.15, 0.2) is 0 Å². The minimum absolute atomic E-state index is 0.424. The molecule has 0 aromatic heterocycles. The number of rotatable bonds is 5. The van der Waals surface area contributed by atoms with E-state index in [0.717, 1.165) is 32.5 Å². The fourth-order valence-corrected chi connectivity index (χ4v) is 2.87. The SMILES string of the molecule is CC1CCC(CN2CCC(OCCCl)CC2)O1. The average molecular weight is 262 g/mol.